The van der Waals surface area contributed by atoms with Crippen LogP contribution in [0, 0.1) is 13.8 Å². The SMILES string of the molecule is Cc1nc(CC(=O)Cc2c(Cl)cccc2Cl)sc1C. The monoisotopic (exact) mass is 313 g/mol. The second-order valence-electron chi connectivity index (χ2n) is 4.34. The van der Waals surface area contributed by atoms with Crippen molar-refractivity contribution in [2.24, 2.45) is 0 Å². The lowest BCUT2D eigenvalue weighted by molar-refractivity contribution is -0.117. The van der Waals surface area contributed by atoms with Crippen LogP contribution >= 0.6 is 34.5 Å². The van der Waals surface area contributed by atoms with Gasteiger partial charge in [0.25, 0.3) is 0 Å². The Morgan fingerprint density at radius 1 is 1.21 bits per heavy atom. The van der Waals surface area contributed by atoms with E-state index in [1.807, 2.05) is 13.8 Å². The van der Waals surface area contributed by atoms with Gasteiger partial charge in [-0.05, 0) is 31.5 Å². The molecule has 0 unspecified atom stereocenters. The molecule has 100 valence electrons. The van der Waals surface area contributed by atoms with E-state index in [-0.39, 0.29) is 12.2 Å². The average Bonchev–Trinajstić information content (AvgIpc) is 2.63. The number of nitrogens with zero attached hydrogens (tertiary/aromatic N) is 1. The van der Waals surface area contributed by atoms with Crippen LogP contribution in [-0.4, -0.2) is 10.8 Å². The number of rotatable bonds is 4. The number of aryl methyl sites for hydroxylation is 2. The highest BCUT2D eigenvalue weighted by molar-refractivity contribution is 7.11. The molecule has 0 aliphatic heterocycles. The summed E-state index contributed by atoms with van der Waals surface area (Å²) in [5, 5.41) is 1.92. The van der Waals surface area contributed by atoms with Gasteiger partial charge in [-0.25, -0.2) is 4.98 Å². The molecule has 1 heterocycles. The summed E-state index contributed by atoms with van der Waals surface area (Å²) in [5.41, 5.74) is 1.68. The fourth-order valence-corrected chi connectivity index (χ4v) is 3.24. The molecule has 0 bridgehead atoms. The first-order chi connectivity index (χ1) is 8.97. The molecule has 0 amide bonds. The molecule has 1 aromatic heterocycles. The van der Waals surface area contributed by atoms with Gasteiger partial charge in [0.2, 0.25) is 0 Å². The topological polar surface area (TPSA) is 30.0 Å². The minimum Gasteiger partial charge on any atom is -0.299 e. The van der Waals surface area contributed by atoms with Gasteiger partial charge in [-0.1, -0.05) is 29.3 Å². The Balaban J connectivity index is 2.09. The van der Waals surface area contributed by atoms with Crippen LogP contribution in [0.3, 0.4) is 0 Å². The van der Waals surface area contributed by atoms with Crippen molar-refractivity contribution in [2.45, 2.75) is 26.7 Å². The lowest BCUT2D eigenvalue weighted by atomic mass is 10.1. The van der Waals surface area contributed by atoms with E-state index in [0.717, 1.165) is 15.6 Å². The van der Waals surface area contributed by atoms with E-state index in [9.17, 15) is 4.79 Å². The maximum atomic E-state index is 12.1. The average molecular weight is 314 g/mol. The zero-order valence-electron chi connectivity index (χ0n) is 10.7. The fourth-order valence-electron chi connectivity index (χ4n) is 1.74. The minimum atomic E-state index is 0.0729. The van der Waals surface area contributed by atoms with Gasteiger partial charge in [-0.2, -0.15) is 0 Å². The Morgan fingerprint density at radius 2 is 1.84 bits per heavy atom. The third-order valence-electron chi connectivity index (χ3n) is 2.86. The summed E-state index contributed by atoms with van der Waals surface area (Å²) in [6.45, 7) is 3.96. The van der Waals surface area contributed by atoms with Crippen LogP contribution in [-0.2, 0) is 17.6 Å². The van der Waals surface area contributed by atoms with Gasteiger partial charge in [0, 0.05) is 21.3 Å². The maximum Gasteiger partial charge on any atom is 0.144 e. The van der Waals surface area contributed by atoms with Gasteiger partial charge in [-0.3, -0.25) is 4.79 Å². The lowest BCUT2D eigenvalue weighted by Crippen LogP contribution is -2.07. The minimum absolute atomic E-state index is 0.0729. The van der Waals surface area contributed by atoms with Gasteiger partial charge < -0.3 is 0 Å². The predicted octanol–water partition coefficient (Wildman–Crippen LogP) is 4.42. The maximum absolute atomic E-state index is 12.1. The molecular formula is C14H13Cl2NOS. The zero-order valence-corrected chi connectivity index (χ0v) is 13.0. The van der Waals surface area contributed by atoms with Crippen LogP contribution in [0.2, 0.25) is 10.0 Å². The van der Waals surface area contributed by atoms with E-state index >= 15 is 0 Å². The summed E-state index contributed by atoms with van der Waals surface area (Å²) in [6.07, 6.45) is 0.580. The molecule has 0 radical (unpaired) electrons. The Bertz CT molecular complexity index is 582. The van der Waals surface area contributed by atoms with E-state index in [1.54, 1.807) is 29.5 Å². The predicted molar refractivity (Wildman–Crippen MR) is 80.5 cm³/mol. The molecule has 5 heteroatoms. The van der Waals surface area contributed by atoms with E-state index in [4.69, 9.17) is 23.2 Å². The molecule has 0 saturated carbocycles. The van der Waals surface area contributed by atoms with Gasteiger partial charge in [0.15, 0.2) is 0 Å². The van der Waals surface area contributed by atoms with Gasteiger partial charge in [0.05, 0.1) is 12.1 Å². The zero-order chi connectivity index (χ0) is 14.0. The van der Waals surface area contributed by atoms with Gasteiger partial charge in [0.1, 0.15) is 10.8 Å². The number of halogens is 2. The molecule has 1 aromatic carbocycles. The third-order valence-corrected chi connectivity index (χ3v) is 4.64. The molecule has 2 nitrogen and oxygen atoms in total. The number of thiazole rings is 1. The molecule has 0 spiro atoms. The van der Waals surface area contributed by atoms with Crippen LogP contribution in [0.4, 0.5) is 0 Å². The summed E-state index contributed by atoms with van der Waals surface area (Å²) >= 11 is 13.7. The Kier molecular flexibility index (Phi) is 4.61. The highest BCUT2D eigenvalue weighted by Crippen LogP contribution is 2.25. The molecule has 0 aliphatic rings. The number of ketones is 1. The van der Waals surface area contributed by atoms with E-state index in [1.165, 1.54) is 0 Å². The number of carbonyl (C=O) groups is 1. The van der Waals surface area contributed by atoms with Crippen molar-refractivity contribution in [1.29, 1.82) is 0 Å². The van der Waals surface area contributed by atoms with Crippen molar-refractivity contribution in [3.8, 4) is 0 Å². The third kappa shape index (κ3) is 3.56. The number of hydrogen-bond acceptors (Lipinski definition) is 3. The molecule has 0 fully saturated rings. The van der Waals surface area contributed by atoms with Crippen LogP contribution < -0.4 is 0 Å². The molecule has 19 heavy (non-hydrogen) atoms. The van der Waals surface area contributed by atoms with Crippen LogP contribution in [0.25, 0.3) is 0 Å². The molecule has 2 rings (SSSR count). The van der Waals surface area contributed by atoms with Crippen molar-refractivity contribution >= 4 is 40.3 Å². The Morgan fingerprint density at radius 3 is 2.37 bits per heavy atom. The first-order valence-electron chi connectivity index (χ1n) is 5.85. The molecule has 2 aromatic rings. The van der Waals surface area contributed by atoms with Crippen molar-refractivity contribution < 1.29 is 4.79 Å². The van der Waals surface area contributed by atoms with Crippen LogP contribution in [0.1, 0.15) is 21.1 Å². The normalized spacial score (nSPS) is 10.7. The smallest absolute Gasteiger partial charge is 0.144 e. The fraction of sp³-hybridized carbons (Fsp3) is 0.286. The second-order valence-corrected chi connectivity index (χ2v) is 6.44. The number of hydrogen-bond donors (Lipinski definition) is 0. The standard InChI is InChI=1S/C14H13Cl2NOS/c1-8-9(2)19-14(17-8)7-10(18)6-11-12(15)4-3-5-13(11)16/h3-5H,6-7H2,1-2H3. The van der Waals surface area contributed by atoms with Gasteiger partial charge in [-0.15, -0.1) is 11.3 Å². The summed E-state index contributed by atoms with van der Waals surface area (Å²) in [4.78, 5) is 17.6. The molecule has 0 N–H and O–H groups in total. The van der Waals surface area contributed by atoms with Crippen molar-refractivity contribution in [1.82, 2.24) is 4.98 Å². The van der Waals surface area contributed by atoms with Gasteiger partial charge >= 0.3 is 0 Å². The summed E-state index contributed by atoms with van der Waals surface area (Å²) in [7, 11) is 0. The van der Waals surface area contributed by atoms with E-state index in [0.29, 0.717) is 22.0 Å². The van der Waals surface area contributed by atoms with E-state index < -0.39 is 0 Å². The first-order valence-corrected chi connectivity index (χ1v) is 7.42. The largest absolute Gasteiger partial charge is 0.299 e. The number of aromatic nitrogens is 1. The molecule has 0 atom stereocenters. The Labute approximate surface area is 126 Å². The number of benzene rings is 1. The number of carbonyl (C=O) groups excluding carboxylic acids is 1. The highest BCUT2D eigenvalue weighted by Gasteiger charge is 2.13. The quantitative estimate of drug-likeness (QED) is 0.836. The van der Waals surface area contributed by atoms with Crippen molar-refractivity contribution in [3.63, 3.8) is 0 Å². The summed E-state index contributed by atoms with van der Waals surface area (Å²) in [5.74, 6) is 0.0729. The second kappa shape index (κ2) is 6.04. The molecule has 0 aliphatic carbocycles. The highest BCUT2D eigenvalue weighted by atomic mass is 35.5. The summed E-state index contributed by atoms with van der Waals surface area (Å²) < 4.78 is 0. The summed E-state index contributed by atoms with van der Waals surface area (Å²) in [6, 6.07) is 5.26. The Hall–Kier alpha value is -0.900. The van der Waals surface area contributed by atoms with Crippen LogP contribution in [0.15, 0.2) is 18.2 Å². The van der Waals surface area contributed by atoms with Crippen molar-refractivity contribution in [2.75, 3.05) is 0 Å². The number of Topliss-reactive ketones (excluding diaryl/α,β-unsaturated/α-hetero) is 1. The van der Waals surface area contributed by atoms with Crippen LogP contribution in [0.5, 0.6) is 0 Å². The first kappa shape index (κ1) is 14.5. The lowest BCUT2D eigenvalue weighted by Gasteiger charge is -2.05. The van der Waals surface area contributed by atoms with Crippen molar-refractivity contribution in [3.05, 3.63) is 49.4 Å². The van der Waals surface area contributed by atoms with E-state index in [2.05, 4.69) is 4.98 Å². The molecular weight excluding hydrogens is 301 g/mol. The molecule has 0 saturated heterocycles.